The first-order chi connectivity index (χ1) is 10.6. The molecule has 0 spiro atoms. The van der Waals surface area contributed by atoms with Crippen LogP contribution in [0.25, 0.3) is 0 Å². The topological polar surface area (TPSA) is 59.1 Å². The molecule has 3 unspecified atom stereocenters. The number of unbranched alkanes of at least 4 members (excludes halogenated alkanes) is 6. The van der Waals surface area contributed by atoms with Gasteiger partial charge in [0.15, 0.2) is 0 Å². The molecule has 1 aliphatic heterocycles. The highest BCUT2D eigenvalue weighted by Crippen LogP contribution is 2.31. The molecule has 1 N–H and O–H groups in total. The van der Waals surface area contributed by atoms with Crippen molar-refractivity contribution in [2.45, 2.75) is 103 Å². The van der Waals surface area contributed by atoms with Crippen LogP contribution in [0.2, 0.25) is 0 Å². The lowest BCUT2D eigenvalue weighted by Gasteiger charge is -2.06. The molecule has 4 heteroatoms. The number of epoxide rings is 1. The number of rotatable bonds is 14. The van der Waals surface area contributed by atoms with E-state index in [0.29, 0.717) is 18.6 Å². The smallest absolute Gasteiger partial charge is 0.305 e. The van der Waals surface area contributed by atoms with Crippen LogP contribution < -0.4 is 0 Å². The Morgan fingerprint density at radius 3 is 2.23 bits per heavy atom. The Bertz CT molecular complexity index is 291. The fourth-order valence-electron chi connectivity index (χ4n) is 2.71. The number of hydrogen-bond acceptors (Lipinski definition) is 4. The van der Waals surface area contributed by atoms with E-state index in [1.807, 2.05) is 0 Å². The maximum Gasteiger partial charge on any atom is 0.305 e. The molecule has 0 aromatic heterocycles. The van der Waals surface area contributed by atoms with Crippen LogP contribution in [0.3, 0.4) is 0 Å². The summed E-state index contributed by atoms with van der Waals surface area (Å²) in [5.74, 6) is -0.200. The lowest BCUT2D eigenvalue weighted by molar-refractivity contribution is -0.146. The number of aliphatic hydroxyl groups is 1. The second-order valence-electron chi connectivity index (χ2n) is 6.55. The SMILES string of the molecule is CCCCCCCC1OC1CCCCCC(=O)OCC(C)O. The molecule has 1 aliphatic rings. The largest absolute Gasteiger partial charge is 0.463 e. The van der Waals surface area contributed by atoms with Crippen molar-refractivity contribution in [2.24, 2.45) is 0 Å². The van der Waals surface area contributed by atoms with Gasteiger partial charge in [-0.1, -0.05) is 51.9 Å². The van der Waals surface area contributed by atoms with E-state index in [1.54, 1.807) is 6.92 Å². The first-order valence-electron chi connectivity index (χ1n) is 9.12. The minimum Gasteiger partial charge on any atom is -0.463 e. The number of aliphatic hydroxyl groups excluding tert-OH is 1. The number of ether oxygens (including phenoxy) is 2. The summed E-state index contributed by atoms with van der Waals surface area (Å²) in [4.78, 5) is 11.3. The van der Waals surface area contributed by atoms with Crippen molar-refractivity contribution in [2.75, 3.05) is 6.61 Å². The molecule has 0 aromatic carbocycles. The van der Waals surface area contributed by atoms with E-state index in [1.165, 1.54) is 38.5 Å². The average molecular weight is 314 g/mol. The van der Waals surface area contributed by atoms with Gasteiger partial charge in [-0.05, 0) is 26.2 Å². The van der Waals surface area contributed by atoms with E-state index in [4.69, 9.17) is 14.6 Å². The highest BCUT2D eigenvalue weighted by atomic mass is 16.6. The van der Waals surface area contributed by atoms with E-state index in [2.05, 4.69) is 6.92 Å². The molecule has 4 nitrogen and oxygen atoms in total. The monoisotopic (exact) mass is 314 g/mol. The lowest BCUT2D eigenvalue weighted by atomic mass is 10.0. The van der Waals surface area contributed by atoms with E-state index < -0.39 is 6.10 Å². The van der Waals surface area contributed by atoms with Gasteiger partial charge in [0.2, 0.25) is 0 Å². The van der Waals surface area contributed by atoms with Crippen molar-refractivity contribution in [3.8, 4) is 0 Å². The van der Waals surface area contributed by atoms with Crippen molar-refractivity contribution < 1.29 is 19.4 Å². The second-order valence-corrected chi connectivity index (χ2v) is 6.55. The zero-order valence-electron chi connectivity index (χ0n) is 14.4. The van der Waals surface area contributed by atoms with Crippen LogP contribution >= 0.6 is 0 Å². The summed E-state index contributed by atoms with van der Waals surface area (Å²) in [7, 11) is 0. The summed E-state index contributed by atoms with van der Waals surface area (Å²) in [6.07, 6.45) is 12.9. The number of carbonyl (C=O) groups is 1. The van der Waals surface area contributed by atoms with Gasteiger partial charge in [0, 0.05) is 6.42 Å². The Balaban J connectivity index is 1.83. The fourth-order valence-corrected chi connectivity index (χ4v) is 2.71. The fraction of sp³-hybridized carbons (Fsp3) is 0.944. The molecule has 3 atom stereocenters. The van der Waals surface area contributed by atoms with Crippen molar-refractivity contribution >= 4 is 5.97 Å². The summed E-state index contributed by atoms with van der Waals surface area (Å²) in [6, 6.07) is 0. The molecular weight excluding hydrogens is 280 g/mol. The van der Waals surface area contributed by atoms with Crippen LogP contribution in [0.4, 0.5) is 0 Å². The molecule has 0 amide bonds. The van der Waals surface area contributed by atoms with Crippen LogP contribution in [-0.2, 0) is 14.3 Å². The molecule has 1 rings (SSSR count). The zero-order chi connectivity index (χ0) is 16.2. The average Bonchev–Trinajstić information content (AvgIpc) is 3.23. The number of hydrogen-bond donors (Lipinski definition) is 1. The Hall–Kier alpha value is -0.610. The van der Waals surface area contributed by atoms with Crippen LogP contribution in [0, 0.1) is 0 Å². The Kier molecular flexibility index (Phi) is 10.5. The zero-order valence-corrected chi connectivity index (χ0v) is 14.4. The summed E-state index contributed by atoms with van der Waals surface area (Å²) in [6.45, 7) is 3.96. The molecule has 130 valence electrons. The van der Waals surface area contributed by atoms with Gasteiger partial charge < -0.3 is 14.6 Å². The third-order valence-electron chi connectivity index (χ3n) is 4.13. The van der Waals surface area contributed by atoms with E-state index in [9.17, 15) is 4.79 Å². The van der Waals surface area contributed by atoms with Crippen LogP contribution in [0.15, 0.2) is 0 Å². The van der Waals surface area contributed by atoms with Gasteiger partial charge in [0.25, 0.3) is 0 Å². The first-order valence-corrected chi connectivity index (χ1v) is 9.12. The van der Waals surface area contributed by atoms with Crippen molar-refractivity contribution in [3.05, 3.63) is 0 Å². The molecule has 1 fully saturated rings. The third kappa shape index (κ3) is 10.2. The van der Waals surface area contributed by atoms with Gasteiger partial charge in [0.05, 0.1) is 18.3 Å². The summed E-state index contributed by atoms with van der Waals surface area (Å²) in [5, 5.41) is 9.02. The van der Waals surface area contributed by atoms with Crippen molar-refractivity contribution in [1.82, 2.24) is 0 Å². The van der Waals surface area contributed by atoms with Gasteiger partial charge in [-0.3, -0.25) is 4.79 Å². The van der Waals surface area contributed by atoms with Crippen molar-refractivity contribution in [1.29, 1.82) is 0 Å². The number of carbonyl (C=O) groups excluding carboxylic acids is 1. The molecule has 0 aliphatic carbocycles. The Morgan fingerprint density at radius 2 is 1.64 bits per heavy atom. The molecule has 0 aromatic rings. The van der Waals surface area contributed by atoms with Crippen LogP contribution in [0.5, 0.6) is 0 Å². The predicted octanol–water partition coefficient (Wildman–Crippen LogP) is 3.99. The molecule has 22 heavy (non-hydrogen) atoms. The maximum absolute atomic E-state index is 11.3. The highest BCUT2D eigenvalue weighted by molar-refractivity contribution is 5.69. The van der Waals surface area contributed by atoms with E-state index in [0.717, 1.165) is 25.7 Å². The summed E-state index contributed by atoms with van der Waals surface area (Å²) < 4.78 is 10.6. The molecule has 1 heterocycles. The molecule has 0 bridgehead atoms. The van der Waals surface area contributed by atoms with Gasteiger partial charge in [-0.2, -0.15) is 0 Å². The molecule has 0 radical (unpaired) electrons. The lowest BCUT2D eigenvalue weighted by Crippen LogP contribution is -2.14. The van der Waals surface area contributed by atoms with Crippen molar-refractivity contribution in [3.63, 3.8) is 0 Å². The normalized spacial score (nSPS) is 21.6. The molecular formula is C18H34O4. The molecule has 0 saturated carbocycles. The molecule has 1 saturated heterocycles. The standard InChI is InChI=1S/C18H34O4/c1-3-4-5-6-8-11-16-17(22-16)12-9-7-10-13-18(20)21-14-15(2)19/h15-17,19H,3-14H2,1-2H3. The summed E-state index contributed by atoms with van der Waals surface area (Å²) in [5.41, 5.74) is 0. The number of esters is 1. The van der Waals surface area contributed by atoms with Crippen LogP contribution in [0.1, 0.15) is 84.5 Å². The Labute approximate surface area is 135 Å². The Morgan fingerprint density at radius 1 is 1.05 bits per heavy atom. The van der Waals surface area contributed by atoms with Crippen LogP contribution in [-0.4, -0.2) is 36.0 Å². The third-order valence-corrected chi connectivity index (χ3v) is 4.13. The highest BCUT2D eigenvalue weighted by Gasteiger charge is 2.36. The van der Waals surface area contributed by atoms with Gasteiger partial charge in [0.1, 0.15) is 6.61 Å². The quantitative estimate of drug-likeness (QED) is 0.299. The minimum absolute atomic E-state index is 0.106. The maximum atomic E-state index is 11.3. The minimum atomic E-state index is -0.574. The van der Waals surface area contributed by atoms with Gasteiger partial charge in [-0.15, -0.1) is 0 Å². The summed E-state index contributed by atoms with van der Waals surface area (Å²) >= 11 is 0. The predicted molar refractivity (Wildman–Crippen MR) is 87.8 cm³/mol. The van der Waals surface area contributed by atoms with Gasteiger partial charge in [-0.25, -0.2) is 0 Å². The first kappa shape index (κ1) is 19.4. The van der Waals surface area contributed by atoms with Gasteiger partial charge >= 0.3 is 5.97 Å². The second kappa shape index (κ2) is 11.9. The van der Waals surface area contributed by atoms with E-state index >= 15 is 0 Å². The van der Waals surface area contributed by atoms with E-state index in [-0.39, 0.29) is 12.6 Å².